The minimum absolute atomic E-state index is 0.425. The molecule has 0 aliphatic rings. The number of anilines is 1. The molecule has 1 heterocycles. The minimum Gasteiger partial charge on any atom is -0.478 e. The first-order chi connectivity index (χ1) is 8.71. The van der Waals surface area contributed by atoms with Crippen LogP contribution in [0.3, 0.4) is 0 Å². The third kappa shape index (κ3) is 4.49. The van der Waals surface area contributed by atoms with Gasteiger partial charge in [0.2, 0.25) is 11.8 Å². The summed E-state index contributed by atoms with van der Waals surface area (Å²) in [4.78, 5) is 10.8. The molecule has 1 atom stereocenters. The lowest BCUT2D eigenvalue weighted by Crippen LogP contribution is -2.32. The van der Waals surface area contributed by atoms with Crippen molar-refractivity contribution < 1.29 is 4.74 Å². The lowest BCUT2D eigenvalue weighted by molar-refractivity contribution is 0.304. The van der Waals surface area contributed by atoms with Crippen molar-refractivity contribution >= 4 is 5.95 Å². The van der Waals surface area contributed by atoms with Crippen molar-refractivity contribution in [2.75, 3.05) is 31.1 Å². The van der Waals surface area contributed by atoms with E-state index in [1.165, 1.54) is 0 Å². The van der Waals surface area contributed by atoms with Gasteiger partial charge < -0.3 is 15.4 Å². The van der Waals surface area contributed by atoms with Crippen LogP contribution in [0.5, 0.6) is 5.88 Å². The second kappa shape index (κ2) is 7.87. The molecule has 0 aliphatic carbocycles. The van der Waals surface area contributed by atoms with E-state index in [0.717, 1.165) is 19.5 Å². The molecule has 1 unspecified atom stereocenters. The van der Waals surface area contributed by atoms with Crippen molar-refractivity contribution in [2.45, 2.75) is 27.2 Å². The molecule has 2 N–H and O–H groups in total. The van der Waals surface area contributed by atoms with Crippen LogP contribution in [0, 0.1) is 5.92 Å². The fourth-order valence-corrected chi connectivity index (χ4v) is 1.57. The van der Waals surface area contributed by atoms with E-state index in [2.05, 4.69) is 35.6 Å². The zero-order chi connectivity index (χ0) is 13.4. The number of hydrogen-bond acceptors (Lipinski definition) is 5. The van der Waals surface area contributed by atoms with Crippen LogP contribution in [0.1, 0.15) is 27.2 Å². The van der Waals surface area contributed by atoms with Gasteiger partial charge in [-0.25, -0.2) is 4.98 Å². The summed E-state index contributed by atoms with van der Waals surface area (Å²) >= 11 is 0. The second-order valence-corrected chi connectivity index (χ2v) is 4.42. The van der Waals surface area contributed by atoms with Gasteiger partial charge in [0.25, 0.3) is 0 Å². The Kier molecular flexibility index (Phi) is 6.43. The Morgan fingerprint density at radius 1 is 1.44 bits per heavy atom. The summed E-state index contributed by atoms with van der Waals surface area (Å²) in [7, 11) is 0. The largest absolute Gasteiger partial charge is 0.478 e. The minimum atomic E-state index is 0.425. The van der Waals surface area contributed by atoms with Crippen LogP contribution in [0.25, 0.3) is 0 Å². The van der Waals surface area contributed by atoms with E-state index in [-0.39, 0.29) is 0 Å². The highest BCUT2D eigenvalue weighted by atomic mass is 16.5. The second-order valence-electron chi connectivity index (χ2n) is 4.42. The van der Waals surface area contributed by atoms with E-state index in [4.69, 9.17) is 10.5 Å². The van der Waals surface area contributed by atoms with Crippen LogP contribution in [-0.4, -0.2) is 36.2 Å². The van der Waals surface area contributed by atoms with Gasteiger partial charge in [-0.2, -0.15) is 4.98 Å². The topological polar surface area (TPSA) is 64.3 Å². The van der Waals surface area contributed by atoms with E-state index in [1.54, 1.807) is 12.3 Å². The predicted molar refractivity (Wildman–Crippen MR) is 73.9 cm³/mol. The predicted octanol–water partition coefficient (Wildman–Crippen LogP) is 1.69. The number of nitrogens with zero attached hydrogens (tertiary/aromatic N) is 3. The highest BCUT2D eigenvalue weighted by Crippen LogP contribution is 2.14. The van der Waals surface area contributed by atoms with Crippen molar-refractivity contribution in [1.29, 1.82) is 0 Å². The van der Waals surface area contributed by atoms with Crippen molar-refractivity contribution in [1.82, 2.24) is 9.97 Å². The molecule has 1 aromatic rings. The van der Waals surface area contributed by atoms with E-state index in [9.17, 15) is 0 Å². The molecule has 0 saturated carbocycles. The molecule has 0 amide bonds. The van der Waals surface area contributed by atoms with E-state index in [1.807, 2.05) is 0 Å². The van der Waals surface area contributed by atoms with Crippen LogP contribution in [0.4, 0.5) is 5.95 Å². The van der Waals surface area contributed by atoms with Gasteiger partial charge in [0.15, 0.2) is 0 Å². The zero-order valence-electron chi connectivity index (χ0n) is 11.6. The third-order valence-corrected chi connectivity index (χ3v) is 2.67. The molecular formula is C13H24N4O. The van der Waals surface area contributed by atoms with Crippen LogP contribution < -0.4 is 15.4 Å². The molecule has 0 aromatic carbocycles. The Hall–Kier alpha value is -1.36. The van der Waals surface area contributed by atoms with E-state index in [0.29, 0.717) is 30.9 Å². The maximum Gasteiger partial charge on any atom is 0.228 e. The first-order valence-electron chi connectivity index (χ1n) is 6.62. The fraction of sp³-hybridized carbons (Fsp3) is 0.692. The zero-order valence-corrected chi connectivity index (χ0v) is 11.6. The lowest BCUT2D eigenvalue weighted by Gasteiger charge is -2.23. The van der Waals surface area contributed by atoms with Gasteiger partial charge in [0.1, 0.15) is 0 Å². The van der Waals surface area contributed by atoms with Gasteiger partial charge in [-0.05, 0) is 25.8 Å². The molecule has 5 nitrogen and oxygen atoms in total. The molecule has 18 heavy (non-hydrogen) atoms. The van der Waals surface area contributed by atoms with Gasteiger partial charge in [-0.1, -0.05) is 13.8 Å². The van der Waals surface area contributed by atoms with Crippen molar-refractivity contribution in [3.63, 3.8) is 0 Å². The van der Waals surface area contributed by atoms with Crippen LogP contribution in [0.2, 0.25) is 0 Å². The van der Waals surface area contributed by atoms with Crippen molar-refractivity contribution in [2.24, 2.45) is 11.7 Å². The number of rotatable bonds is 8. The smallest absolute Gasteiger partial charge is 0.228 e. The Labute approximate surface area is 109 Å². The maximum atomic E-state index is 5.66. The van der Waals surface area contributed by atoms with Gasteiger partial charge in [-0.3, -0.25) is 0 Å². The SMILES string of the molecule is CCCOc1ccnc(N(CC)CC(C)CN)n1. The summed E-state index contributed by atoms with van der Waals surface area (Å²) in [5.74, 6) is 1.78. The third-order valence-electron chi connectivity index (χ3n) is 2.67. The van der Waals surface area contributed by atoms with E-state index < -0.39 is 0 Å². The summed E-state index contributed by atoms with van der Waals surface area (Å²) in [5, 5.41) is 0. The standard InChI is InChI=1S/C13H24N4O/c1-4-8-18-12-6-7-15-13(16-12)17(5-2)10-11(3)9-14/h6-7,11H,4-5,8-10,14H2,1-3H3. The van der Waals surface area contributed by atoms with Gasteiger partial charge in [-0.15, -0.1) is 0 Å². The monoisotopic (exact) mass is 252 g/mol. The Bertz CT molecular complexity index is 346. The number of hydrogen-bond donors (Lipinski definition) is 1. The summed E-state index contributed by atoms with van der Waals surface area (Å²) in [5.41, 5.74) is 5.66. The molecular weight excluding hydrogens is 228 g/mol. The molecule has 0 radical (unpaired) electrons. The summed E-state index contributed by atoms with van der Waals surface area (Å²) < 4.78 is 5.52. The Morgan fingerprint density at radius 2 is 2.22 bits per heavy atom. The number of ether oxygens (including phenoxy) is 1. The van der Waals surface area contributed by atoms with Gasteiger partial charge >= 0.3 is 0 Å². The highest BCUT2D eigenvalue weighted by molar-refractivity contribution is 5.31. The van der Waals surface area contributed by atoms with Crippen molar-refractivity contribution in [3.05, 3.63) is 12.3 Å². The molecule has 0 aliphatic heterocycles. The number of aromatic nitrogens is 2. The molecule has 0 fully saturated rings. The quantitative estimate of drug-likeness (QED) is 0.762. The Balaban J connectivity index is 2.72. The molecule has 1 aromatic heterocycles. The van der Waals surface area contributed by atoms with E-state index >= 15 is 0 Å². The summed E-state index contributed by atoms with van der Waals surface area (Å²) in [6, 6.07) is 1.79. The molecule has 1 rings (SSSR count). The lowest BCUT2D eigenvalue weighted by atomic mass is 10.2. The van der Waals surface area contributed by atoms with Crippen LogP contribution in [-0.2, 0) is 0 Å². The Morgan fingerprint density at radius 3 is 2.83 bits per heavy atom. The molecule has 102 valence electrons. The van der Waals surface area contributed by atoms with Crippen LogP contribution in [0.15, 0.2) is 12.3 Å². The molecule has 0 bridgehead atoms. The number of nitrogens with two attached hydrogens (primary N) is 1. The van der Waals surface area contributed by atoms with Gasteiger partial charge in [0, 0.05) is 25.4 Å². The van der Waals surface area contributed by atoms with Crippen LogP contribution >= 0.6 is 0 Å². The first-order valence-corrected chi connectivity index (χ1v) is 6.62. The molecule has 5 heteroatoms. The van der Waals surface area contributed by atoms with Gasteiger partial charge in [0.05, 0.1) is 6.61 Å². The molecule has 0 saturated heterocycles. The fourth-order valence-electron chi connectivity index (χ4n) is 1.57. The normalized spacial score (nSPS) is 12.2. The summed E-state index contributed by atoms with van der Waals surface area (Å²) in [6.45, 7) is 9.37. The molecule has 0 spiro atoms. The van der Waals surface area contributed by atoms with Crippen molar-refractivity contribution in [3.8, 4) is 5.88 Å². The highest BCUT2D eigenvalue weighted by Gasteiger charge is 2.11. The average Bonchev–Trinajstić information content (AvgIpc) is 2.42. The maximum absolute atomic E-state index is 5.66. The first kappa shape index (κ1) is 14.7. The summed E-state index contributed by atoms with van der Waals surface area (Å²) in [6.07, 6.45) is 2.71. The average molecular weight is 252 g/mol.